The van der Waals surface area contributed by atoms with E-state index < -0.39 is 0 Å². The number of anilines is 1. The Labute approximate surface area is 185 Å². The lowest BCUT2D eigenvalue weighted by molar-refractivity contribution is -0.121. The van der Waals surface area contributed by atoms with Gasteiger partial charge in [-0.1, -0.05) is 58.4 Å². The van der Waals surface area contributed by atoms with Gasteiger partial charge in [0.05, 0.1) is 0 Å². The molecule has 1 heterocycles. The summed E-state index contributed by atoms with van der Waals surface area (Å²) in [6.45, 7) is 1.19. The van der Waals surface area contributed by atoms with Crippen molar-refractivity contribution < 1.29 is 9.59 Å². The molecule has 0 aromatic heterocycles. The summed E-state index contributed by atoms with van der Waals surface area (Å²) in [5, 5.41) is 2.97. The highest BCUT2D eigenvalue weighted by Crippen LogP contribution is 2.23. The largest absolute Gasteiger partial charge is 0.339 e. The molecule has 1 saturated heterocycles. The fourth-order valence-corrected chi connectivity index (χ4v) is 4.01. The molecule has 1 aliphatic heterocycles. The second kappa shape index (κ2) is 9.26. The van der Waals surface area contributed by atoms with Gasteiger partial charge in [0.25, 0.3) is 5.91 Å². The van der Waals surface area contributed by atoms with Crippen LogP contribution in [0.15, 0.2) is 83.3 Å². The summed E-state index contributed by atoms with van der Waals surface area (Å²) in [5.41, 5.74) is 3.71. The van der Waals surface area contributed by atoms with Crippen molar-refractivity contribution in [2.75, 3.05) is 18.4 Å². The van der Waals surface area contributed by atoms with Crippen molar-refractivity contribution in [2.24, 2.45) is 5.92 Å². The van der Waals surface area contributed by atoms with Crippen LogP contribution in [0.2, 0.25) is 0 Å². The van der Waals surface area contributed by atoms with E-state index in [1.807, 2.05) is 71.6 Å². The van der Waals surface area contributed by atoms with Gasteiger partial charge in [-0.3, -0.25) is 9.59 Å². The van der Waals surface area contributed by atoms with Gasteiger partial charge in [-0.05, 0) is 60.4 Å². The monoisotopic (exact) mass is 462 g/mol. The van der Waals surface area contributed by atoms with E-state index in [1.54, 1.807) is 0 Å². The van der Waals surface area contributed by atoms with Gasteiger partial charge in [0.2, 0.25) is 5.91 Å². The minimum Gasteiger partial charge on any atom is -0.339 e. The first kappa shape index (κ1) is 20.4. The van der Waals surface area contributed by atoms with Gasteiger partial charge >= 0.3 is 0 Å². The van der Waals surface area contributed by atoms with Crippen LogP contribution in [0.3, 0.4) is 0 Å². The molecule has 152 valence electrons. The Balaban J connectivity index is 1.32. The molecule has 0 bridgehead atoms. The van der Waals surface area contributed by atoms with Crippen molar-refractivity contribution in [3.63, 3.8) is 0 Å². The maximum atomic E-state index is 12.9. The van der Waals surface area contributed by atoms with Crippen LogP contribution >= 0.6 is 15.9 Å². The van der Waals surface area contributed by atoms with Gasteiger partial charge in [0.1, 0.15) is 0 Å². The maximum absolute atomic E-state index is 12.9. The first-order valence-electron chi connectivity index (χ1n) is 10.1. The summed E-state index contributed by atoms with van der Waals surface area (Å²) in [6.07, 6.45) is 1.35. The summed E-state index contributed by atoms with van der Waals surface area (Å²) in [6, 6.07) is 25.4. The number of benzene rings is 3. The Hall–Kier alpha value is -2.92. The number of hydrogen-bond acceptors (Lipinski definition) is 2. The molecule has 2 amide bonds. The number of carbonyl (C=O) groups excluding carboxylic acids is 2. The molecule has 0 aliphatic carbocycles. The van der Waals surface area contributed by atoms with E-state index >= 15 is 0 Å². The van der Waals surface area contributed by atoms with Crippen LogP contribution in [0, 0.1) is 5.92 Å². The molecule has 4 nitrogen and oxygen atoms in total. The Morgan fingerprint density at radius 1 is 0.800 bits per heavy atom. The van der Waals surface area contributed by atoms with E-state index in [0.29, 0.717) is 31.5 Å². The second-order valence-corrected chi connectivity index (χ2v) is 8.42. The fraction of sp³-hybridized carbons (Fsp3) is 0.200. The van der Waals surface area contributed by atoms with Crippen molar-refractivity contribution in [1.82, 2.24) is 4.90 Å². The van der Waals surface area contributed by atoms with E-state index in [0.717, 1.165) is 21.3 Å². The number of amides is 2. The number of carbonyl (C=O) groups is 2. The average molecular weight is 463 g/mol. The first-order valence-corrected chi connectivity index (χ1v) is 10.9. The highest BCUT2D eigenvalue weighted by Gasteiger charge is 2.27. The summed E-state index contributed by atoms with van der Waals surface area (Å²) in [5.74, 6) is -0.0174. The number of hydrogen-bond donors (Lipinski definition) is 1. The molecule has 4 rings (SSSR count). The Kier molecular flexibility index (Phi) is 6.29. The number of likely N-dealkylation sites (tertiary alicyclic amines) is 1. The normalized spacial score (nSPS) is 14.4. The third kappa shape index (κ3) is 4.79. The van der Waals surface area contributed by atoms with Gasteiger partial charge in [-0.25, -0.2) is 0 Å². The molecule has 3 aromatic carbocycles. The van der Waals surface area contributed by atoms with E-state index in [2.05, 4.69) is 33.4 Å². The third-order valence-electron chi connectivity index (χ3n) is 5.50. The number of rotatable bonds is 4. The molecule has 0 atom stereocenters. The molecule has 3 aromatic rings. The summed E-state index contributed by atoms with van der Waals surface area (Å²) < 4.78 is 0.976. The van der Waals surface area contributed by atoms with Crippen LogP contribution in [-0.4, -0.2) is 29.8 Å². The number of halogens is 1. The van der Waals surface area contributed by atoms with Crippen LogP contribution < -0.4 is 5.32 Å². The number of nitrogens with zero attached hydrogens (tertiary/aromatic N) is 1. The highest BCUT2D eigenvalue weighted by atomic mass is 79.9. The Bertz CT molecular complexity index is 1010. The van der Waals surface area contributed by atoms with Crippen molar-refractivity contribution in [1.29, 1.82) is 0 Å². The Morgan fingerprint density at radius 2 is 1.40 bits per heavy atom. The molecular weight excluding hydrogens is 440 g/mol. The molecule has 0 unspecified atom stereocenters. The molecular formula is C25H23BrN2O2. The van der Waals surface area contributed by atoms with Crippen LogP contribution in [0.4, 0.5) is 5.69 Å². The fourth-order valence-electron chi connectivity index (χ4n) is 3.74. The lowest BCUT2D eigenvalue weighted by Gasteiger charge is -2.31. The van der Waals surface area contributed by atoms with Crippen molar-refractivity contribution in [3.8, 4) is 11.1 Å². The van der Waals surface area contributed by atoms with Crippen LogP contribution in [0.5, 0.6) is 0 Å². The number of nitrogens with one attached hydrogen (secondary N) is 1. The summed E-state index contributed by atoms with van der Waals surface area (Å²) >= 11 is 3.39. The minimum absolute atomic E-state index is 0.0247. The topological polar surface area (TPSA) is 49.4 Å². The molecule has 1 N–H and O–H groups in total. The van der Waals surface area contributed by atoms with Crippen LogP contribution in [-0.2, 0) is 4.79 Å². The molecule has 30 heavy (non-hydrogen) atoms. The van der Waals surface area contributed by atoms with Gasteiger partial charge in [-0.15, -0.1) is 0 Å². The predicted octanol–water partition coefficient (Wildman–Crippen LogP) is 5.61. The zero-order chi connectivity index (χ0) is 20.9. The smallest absolute Gasteiger partial charge is 0.253 e. The van der Waals surface area contributed by atoms with Crippen molar-refractivity contribution in [3.05, 3.63) is 88.9 Å². The first-order chi connectivity index (χ1) is 14.6. The van der Waals surface area contributed by atoms with Gasteiger partial charge < -0.3 is 10.2 Å². The third-order valence-corrected chi connectivity index (χ3v) is 6.03. The summed E-state index contributed by atoms with van der Waals surface area (Å²) in [4.78, 5) is 27.3. The van der Waals surface area contributed by atoms with E-state index in [-0.39, 0.29) is 17.7 Å². The lowest BCUT2D eigenvalue weighted by Crippen LogP contribution is -2.41. The second-order valence-electron chi connectivity index (χ2n) is 7.51. The summed E-state index contributed by atoms with van der Waals surface area (Å²) in [7, 11) is 0. The molecule has 0 saturated carbocycles. The SMILES string of the molecule is O=C(Nc1ccc(Br)cc1)C1CCN(C(=O)c2ccc(-c3ccccc3)cc2)CC1. The van der Waals surface area contributed by atoms with E-state index in [4.69, 9.17) is 0 Å². The zero-order valence-electron chi connectivity index (χ0n) is 16.6. The predicted molar refractivity (Wildman–Crippen MR) is 123 cm³/mol. The average Bonchev–Trinajstić information content (AvgIpc) is 2.81. The van der Waals surface area contributed by atoms with Gasteiger partial charge in [-0.2, -0.15) is 0 Å². The van der Waals surface area contributed by atoms with Crippen LogP contribution in [0.1, 0.15) is 23.2 Å². The molecule has 1 aliphatic rings. The van der Waals surface area contributed by atoms with E-state index in [1.165, 1.54) is 0 Å². The zero-order valence-corrected chi connectivity index (χ0v) is 18.1. The lowest BCUT2D eigenvalue weighted by atomic mass is 9.95. The van der Waals surface area contributed by atoms with Crippen LogP contribution in [0.25, 0.3) is 11.1 Å². The molecule has 1 fully saturated rings. The molecule has 0 radical (unpaired) electrons. The van der Waals surface area contributed by atoms with Crippen molar-refractivity contribution in [2.45, 2.75) is 12.8 Å². The van der Waals surface area contributed by atoms with E-state index in [9.17, 15) is 9.59 Å². The number of piperidine rings is 1. The Morgan fingerprint density at radius 3 is 2.03 bits per heavy atom. The highest BCUT2D eigenvalue weighted by molar-refractivity contribution is 9.10. The van der Waals surface area contributed by atoms with Gasteiger partial charge in [0.15, 0.2) is 0 Å². The quantitative estimate of drug-likeness (QED) is 0.547. The molecule has 0 spiro atoms. The van der Waals surface area contributed by atoms with Crippen molar-refractivity contribution >= 4 is 33.4 Å². The minimum atomic E-state index is -0.0712. The standard InChI is InChI=1S/C25H23BrN2O2/c26-22-10-12-23(13-11-22)27-24(29)20-14-16-28(17-15-20)25(30)21-8-6-19(7-9-21)18-4-2-1-3-5-18/h1-13,20H,14-17H2,(H,27,29). The van der Waals surface area contributed by atoms with Gasteiger partial charge in [0, 0.05) is 34.7 Å². The maximum Gasteiger partial charge on any atom is 0.253 e. The molecule has 5 heteroatoms.